The Kier molecular flexibility index (Phi) is 9.59. The van der Waals surface area contributed by atoms with E-state index in [1.807, 2.05) is 90.6 Å². The molecule has 0 aliphatic carbocycles. The zero-order valence-electron chi connectivity index (χ0n) is 24.2. The molecule has 8 heteroatoms. The van der Waals surface area contributed by atoms with Gasteiger partial charge in [-0.3, -0.25) is 14.4 Å². The summed E-state index contributed by atoms with van der Waals surface area (Å²) in [6.07, 6.45) is 3.59. The number of thioether (sulfide) groups is 1. The van der Waals surface area contributed by atoms with Gasteiger partial charge >= 0.3 is 0 Å². The summed E-state index contributed by atoms with van der Waals surface area (Å²) < 4.78 is 0. The first-order valence-corrected chi connectivity index (χ1v) is 15.1. The van der Waals surface area contributed by atoms with Crippen LogP contribution in [-0.4, -0.2) is 44.1 Å². The Morgan fingerprint density at radius 2 is 1.63 bits per heavy atom. The molecule has 0 spiro atoms. The molecule has 7 nitrogen and oxygen atoms in total. The van der Waals surface area contributed by atoms with Crippen LogP contribution in [0.3, 0.4) is 0 Å². The minimum Gasteiger partial charge on any atom is -0.378 e. The molecule has 3 amide bonds. The van der Waals surface area contributed by atoms with E-state index in [1.54, 1.807) is 36.4 Å². The average Bonchev–Trinajstić information content (AvgIpc) is 3.03. The highest BCUT2D eigenvalue weighted by atomic mass is 32.2. The molecule has 0 bridgehead atoms. The predicted octanol–water partition coefficient (Wildman–Crippen LogP) is 6.23. The fourth-order valence-electron chi connectivity index (χ4n) is 4.86. The van der Waals surface area contributed by atoms with Crippen molar-refractivity contribution in [3.8, 4) is 0 Å². The van der Waals surface area contributed by atoms with E-state index in [4.69, 9.17) is 0 Å². The molecule has 4 aromatic rings. The van der Waals surface area contributed by atoms with Crippen molar-refractivity contribution in [1.29, 1.82) is 0 Å². The topological polar surface area (TPSA) is 81.8 Å². The van der Waals surface area contributed by atoms with Crippen LogP contribution >= 0.6 is 11.8 Å². The second-order valence-electron chi connectivity index (χ2n) is 10.4. The standard InChI is InChI=1S/C35H34N4O3S/c1-38(2)29-19-17-25(18-20-29)22-31(37-34(41)27-11-4-3-5-12-27)35(42)36-28-14-8-15-30(23-28)43-24-33(40)39-21-9-13-26-10-6-7-16-32(26)39/h3-8,10-12,14-20,22-23H,9,13,21,24H2,1-2H3,(H,36,42)(H,37,41)/b31-22-. The summed E-state index contributed by atoms with van der Waals surface area (Å²) in [5.74, 6) is -0.494. The van der Waals surface area contributed by atoms with Gasteiger partial charge in [-0.25, -0.2) is 0 Å². The van der Waals surface area contributed by atoms with Crippen LogP contribution in [0.25, 0.3) is 6.08 Å². The first-order chi connectivity index (χ1) is 20.9. The van der Waals surface area contributed by atoms with Crippen molar-refractivity contribution >= 4 is 52.6 Å². The van der Waals surface area contributed by atoms with E-state index in [-0.39, 0.29) is 23.3 Å². The van der Waals surface area contributed by atoms with Crippen LogP contribution in [0.2, 0.25) is 0 Å². The lowest BCUT2D eigenvalue weighted by molar-refractivity contribution is -0.116. The molecule has 0 radical (unpaired) electrons. The smallest absolute Gasteiger partial charge is 0.272 e. The fraction of sp³-hybridized carbons (Fsp3) is 0.171. The van der Waals surface area contributed by atoms with Gasteiger partial charge in [0, 0.05) is 48.2 Å². The Morgan fingerprint density at radius 3 is 2.40 bits per heavy atom. The lowest BCUT2D eigenvalue weighted by Crippen LogP contribution is -2.36. The minimum absolute atomic E-state index is 0.0562. The Labute approximate surface area is 256 Å². The van der Waals surface area contributed by atoms with E-state index in [0.717, 1.165) is 34.7 Å². The van der Waals surface area contributed by atoms with Crippen molar-refractivity contribution in [2.45, 2.75) is 17.7 Å². The van der Waals surface area contributed by atoms with Crippen LogP contribution in [0.5, 0.6) is 0 Å². The molecule has 0 saturated carbocycles. The highest BCUT2D eigenvalue weighted by molar-refractivity contribution is 8.00. The number of nitrogens with one attached hydrogen (secondary N) is 2. The molecule has 1 heterocycles. The SMILES string of the molecule is CN(C)c1ccc(/C=C(\NC(=O)c2ccccc2)C(=O)Nc2cccc(SCC(=O)N3CCCc4ccccc43)c2)cc1. The third-order valence-corrected chi connectivity index (χ3v) is 8.09. The predicted molar refractivity (Wildman–Crippen MR) is 176 cm³/mol. The van der Waals surface area contributed by atoms with Crippen LogP contribution in [0.15, 0.2) is 114 Å². The van der Waals surface area contributed by atoms with Crippen molar-refractivity contribution in [2.24, 2.45) is 0 Å². The van der Waals surface area contributed by atoms with Gasteiger partial charge in [0.2, 0.25) is 5.91 Å². The number of benzene rings is 4. The number of carbonyl (C=O) groups excluding carboxylic acids is 3. The van der Waals surface area contributed by atoms with Gasteiger partial charge in [-0.05, 0) is 78.6 Å². The molecule has 1 aliphatic rings. The Bertz CT molecular complexity index is 1630. The molecular formula is C35H34N4O3S. The number of hydrogen-bond acceptors (Lipinski definition) is 5. The van der Waals surface area contributed by atoms with Gasteiger partial charge in [0.15, 0.2) is 0 Å². The molecule has 2 N–H and O–H groups in total. The zero-order valence-corrected chi connectivity index (χ0v) is 25.1. The summed E-state index contributed by atoms with van der Waals surface area (Å²) in [5, 5.41) is 5.70. The number of nitrogens with zero attached hydrogens (tertiary/aromatic N) is 2. The van der Waals surface area contributed by atoms with Gasteiger partial charge in [-0.2, -0.15) is 0 Å². The Balaban J connectivity index is 1.29. The molecule has 43 heavy (non-hydrogen) atoms. The number of rotatable bonds is 9. The second kappa shape index (κ2) is 13.9. The van der Waals surface area contributed by atoms with Gasteiger partial charge in [0.1, 0.15) is 5.70 Å². The number of fused-ring (bicyclic) bond motifs is 1. The van der Waals surface area contributed by atoms with E-state index in [2.05, 4.69) is 16.7 Å². The van der Waals surface area contributed by atoms with Gasteiger partial charge in [-0.15, -0.1) is 11.8 Å². The summed E-state index contributed by atoms with van der Waals surface area (Å²) in [5.41, 5.74) is 5.11. The zero-order chi connectivity index (χ0) is 30.2. The number of amides is 3. The van der Waals surface area contributed by atoms with Crippen molar-refractivity contribution in [1.82, 2.24) is 5.32 Å². The normalized spacial score (nSPS) is 12.7. The maximum atomic E-state index is 13.5. The lowest BCUT2D eigenvalue weighted by atomic mass is 10.0. The maximum absolute atomic E-state index is 13.5. The van der Waals surface area contributed by atoms with E-state index < -0.39 is 5.91 Å². The molecule has 0 unspecified atom stereocenters. The third-order valence-electron chi connectivity index (χ3n) is 7.11. The second-order valence-corrected chi connectivity index (χ2v) is 11.5. The molecule has 0 saturated heterocycles. The number of aryl methyl sites for hydroxylation is 1. The summed E-state index contributed by atoms with van der Waals surface area (Å²) in [4.78, 5) is 44.3. The van der Waals surface area contributed by atoms with Gasteiger partial charge < -0.3 is 20.4 Å². The summed E-state index contributed by atoms with van der Waals surface area (Å²) >= 11 is 1.43. The molecule has 0 fully saturated rings. The van der Waals surface area contributed by atoms with Crippen molar-refractivity contribution in [2.75, 3.05) is 41.5 Å². The van der Waals surface area contributed by atoms with Crippen LogP contribution < -0.4 is 20.4 Å². The van der Waals surface area contributed by atoms with Crippen molar-refractivity contribution in [3.05, 3.63) is 126 Å². The number of hydrogen-bond donors (Lipinski definition) is 2. The highest BCUT2D eigenvalue weighted by Crippen LogP contribution is 2.29. The van der Waals surface area contributed by atoms with E-state index >= 15 is 0 Å². The van der Waals surface area contributed by atoms with Crippen molar-refractivity contribution < 1.29 is 14.4 Å². The minimum atomic E-state index is -0.455. The summed E-state index contributed by atoms with van der Waals surface area (Å²) in [7, 11) is 3.91. The van der Waals surface area contributed by atoms with Crippen LogP contribution in [0, 0.1) is 0 Å². The number of anilines is 3. The largest absolute Gasteiger partial charge is 0.378 e. The van der Waals surface area contributed by atoms with E-state index in [9.17, 15) is 14.4 Å². The third kappa shape index (κ3) is 7.72. The first-order valence-electron chi connectivity index (χ1n) is 14.2. The van der Waals surface area contributed by atoms with Gasteiger partial charge in [-0.1, -0.05) is 54.6 Å². The maximum Gasteiger partial charge on any atom is 0.272 e. The monoisotopic (exact) mass is 590 g/mol. The van der Waals surface area contributed by atoms with Crippen molar-refractivity contribution in [3.63, 3.8) is 0 Å². The molecule has 218 valence electrons. The van der Waals surface area contributed by atoms with Crippen LogP contribution in [0.4, 0.5) is 17.1 Å². The van der Waals surface area contributed by atoms with E-state index in [0.29, 0.717) is 17.8 Å². The molecular weight excluding hydrogens is 556 g/mol. The van der Waals surface area contributed by atoms with Crippen LogP contribution in [0.1, 0.15) is 27.9 Å². The Hall–Kier alpha value is -4.82. The molecule has 1 aliphatic heterocycles. The molecule has 0 aromatic heterocycles. The lowest BCUT2D eigenvalue weighted by Gasteiger charge is -2.29. The first kappa shape index (κ1) is 29.7. The van der Waals surface area contributed by atoms with Crippen LogP contribution in [-0.2, 0) is 16.0 Å². The van der Waals surface area contributed by atoms with E-state index in [1.165, 1.54) is 17.3 Å². The molecule has 5 rings (SSSR count). The average molecular weight is 591 g/mol. The van der Waals surface area contributed by atoms with Gasteiger partial charge in [0.25, 0.3) is 11.8 Å². The quantitative estimate of drug-likeness (QED) is 0.178. The summed E-state index contributed by atoms with van der Waals surface area (Å²) in [6.45, 7) is 0.716. The number of para-hydroxylation sites is 1. The van der Waals surface area contributed by atoms with Gasteiger partial charge in [0.05, 0.1) is 5.75 Å². The Morgan fingerprint density at radius 1 is 0.884 bits per heavy atom. The highest BCUT2D eigenvalue weighted by Gasteiger charge is 2.22. The number of carbonyl (C=O) groups is 3. The molecule has 4 aromatic carbocycles. The molecule has 0 atom stereocenters. The fourth-order valence-corrected chi connectivity index (χ4v) is 5.69. The summed E-state index contributed by atoms with van der Waals surface area (Å²) in [6, 6.07) is 31.9.